The van der Waals surface area contributed by atoms with Crippen LogP contribution in [0.3, 0.4) is 0 Å². The van der Waals surface area contributed by atoms with Crippen LogP contribution in [0.1, 0.15) is 58.0 Å². The largest absolute Gasteiger partial charge is 0.444 e. The lowest BCUT2D eigenvalue weighted by atomic mass is 10.0. The summed E-state index contributed by atoms with van der Waals surface area (Å²) in [6, 6.07) is 8.15. The van der Waals surface area contributed by atoms with Crippen molar-refractivity contribution < 1.29 is 27.4 Å². The van der Waals surface area contributed by atoms with Crippen molar-refractivity contribution in [3.05, 3.63) is 41.7 Å². The lowest BCUT2D eigenvalue weighted by Gasteiger charge is -2.34. The van der Waals surface area contributed by atoms with Crippen LogP contribution in [0.25, 0.3) is 28.2 Å². The molecular weight excluding hydrogens is 603 g/mol. The highest BCUT2D eigenvalue weighted by Gasteiger charge is 2.43. The summed E-state index contributed by atoms with van der Waals surface area (Å²) in [6.07, 6.45) is -4.67. The first-order valence-corrected chi connectivity index (χ1v) is 15.3. The smallest absolute Gasteiger partial charge is 0.433 e. The van der Waals surface area contributed by atoms with Gasteiger partial charge in [0.1, 0.15) is 11.4 Å². The van der Waals surface area contributed by atoms with Gasteiger partial charge in [-0.1, -0.05) is 12.1 Å². The summed E-state index contributed by atoms with van der Waals surface area (Å²) in [5.74, 6) is 0.654. The molecule has 2 aliphatic rings. The molecule has 46 heavy (non-hydrogen) atoms. The van der Waals surface area contributed by atoms with Gasteiger partial charge in [0.05, 0.1) is 53.3 Å². The second-order valence-corrected chi connectivity index (χ2v) is 12.8. The van der Waals surface area contributed by atoms with Gasteiger partial charge >= 0.3 is 12.3 Å². The van der Waals surface area contributed by atoms with Gasteiger partial charge in [-0.2, -0.15) is 23.3 Å². The average Bonchev–Trinajstić information content (AvgIpc) is 3.52. The van der Waals surface area contributed by atoms with E-state index in [1.165, 1.54) is 4.90 Å². The Bertz CT molecular complexity index is 1750. The molecule has 0 spiro atoms. The summed E-state index contributed by atoms with van der Waals surface area (Å²) in [4.78, 5) is 30.0. The number of morpholine rings is 1. The second kappa shape index (κ2) is 11.8. The number of hydrogen-bond acceptors (Lipinski definition) is 9. The van der Waals surface area contributed by atoms with Crippen molar-refractivity contribution in [3.8, 4) is 17.2 Å². The number of amides is 1. The summed E-state index contributed by atoms with van der Waals surface area (Å²) in [5.41, 5.74) is 6.11. The summed E-state index contributed by atoms with van der Waals surface area (Å²) >= 11 is 0. The van der Waals surface area contributed by atoms with E-state index in [4.69, 9.17) is 25.2 Å². The number of para-hydroxylation sites is 2. The molecule has 246 valence electrons. The van der Waals surface area contributed by atoms with Crippen LogP contribution < -0.4 is 10.6 Å². The minimum Gasteiger partial charge on any atom is -0.444 e. The fraction of sp³-hybridized carbons (Fsp3) is 0.516. The Morgan fingerprint density at radius 2 is 1.78 bits per heavy atom. The zero-order chi connectivity index (χ0) is 33.0. The van der Waals surface area contributed by atoms with Gasteiger partial charge in [0.15, 0.2) is 5.69 Å². The van der Waals surface area contributed by atoms with Gasteiger partial charge in [-0.05, 0) is 59.6 Å². The van der Waals surface area contributed by atoms with Crippen LogP contribution in [0, 0.1) is 6.92 Å². The molecule has 2 saturated heterocycles. The standard InChI is InChI=1S/C31H38F3N9O3/c1-18-17-45-15-14-41(18)24-16-22(37-28(38-24)42-23-9-7-6-8-21(23)36-27(42)35)25-19(2)39-43(26(25)31(32,33)34)20-10-12-40(13-11-20)29(44)46-30(3,4)5/h6-9,16,18,20H,10-15,17H2,1-5H3,(H2,35,36)/t18-/m1/s1. The van der Waals surface area contributed by atoms with Crippen LogP contribution in [-0.4, -0.2) is 84.8 Å². The van der Waals surface area contributed by atoms with Crippen LogP contribution in [0.5, 0.6) is 0 Å². The first kappa shape index (κ1) is 31.6. The van der Waals surface area contributed by atoms with Crippen LogP contribution >= 0.6 is 0 Å². The Morgan fingerprint density at radius 1 is 1.07 bits per heavy atom. The molecule has 3 aromatic heterocycles. The predicted molar refractivity (Wildman–Crippen MR) is 166 cm³/mol. The summed E-state index contributed by atoms with van der Waals surface area (Å²) < 4.78 is 58.9. The maximum Gasteiger partial charge on any atom is 0.433 e. The number of hydrogen-bond donors (Lipinski definition) is 1. The molecule has 2 aliphatic heterocycles. The third-order valence-electron chi connectivity index (χ3n) is 8.22. The number of carbonyl (C=O) groups is 1. The maximum atomic E-state index is 15.1. The van der Waals surface area contributed by atoms with E-state index < -0.39 is 29.6 Å². The number of likely N-dealkylation sites (tertiary alicyclic amines) is 1. The number of nitrogens with two attached hydrogens (primary N) is 1. The van der Waals surface area contributed by atoms with Crippen molar-refractivity contribution in [2.75, 3.05) is 43.5 Å². The third kappa shape index (κ3) is 6.07. The molecule has 2 fully saturated rings. The molecule has 1 atom stereocenters. The van der Waals surface area contributed by atoms with Crippen molar-refractivity contribution in [2.24, 2.45) is 0 Å². The number of nitrogen functional groups attached to an aromatic ring is 1. The topological polar surface area (TPSA) is 129 Å². The van der Waals surface area contributed by atoms with Crippen molar-refractivity contribution in [3.63, 3.8) is 0 Å². The SMILES string of the molecule is Cc1nn(C2CCN(C(=O)OC(C)(C)C)CC2)c(C(F)(F)F)c1-c1cc(N2CCOC[C@H]2C)nc(-n2c(N)nc3ccccc32)n1. The van der Waals surface area contributed by atoms with Crippen molar-refractivity contribution >= 4 is 28.9 Å². The molecular formula is C31H38F3N9O3. The first-order chi connectivity index (χ1) is 21.7. The number of ether oxygens (including phenoxy) is 2. The minimum absolute atomic E-state index is 0.0677. The van der Waals surface area contributed by atoms with E-state index >= 15 is 13.2 Å². The third-order valence-corrected chi connectivity index (χ3v) is 8.22. The van der Waals surface area contributed by atoms with E-state index in [1.54, 1.807) is 50.5 Å². The minimum atomic E-state index is -4.75. The van der Waals surface area contributed by atoms with E-state index in [-0.39, 0.29) is 60.8 Å². The fourth-order valence-corrected chi connectivity index (χ4v) is 6.13. The van der Waals surface area contributed by atoms with Crippen LogP contribution in [0.2, 0.25) is 0 Å². The highest BCUT2D eigenvalue weighted by atomic mass is 19.4. The van der Waals surface area contributed by atoms with Gasteiger partial charge in [0.2, 0.25) is 11.9 Å². The predicted octanol–water partition coefficient (Wildman–Crippen LogP) is 5.39. The Labute approximate surface area is 264 Å². The molecule has 0 unspecified atom stereocenters. The highest BCUT2D eigenvalue weighted by molar-refractivity contribution is 5.80. The second-order valence-electron chi connectivity index (χ2n) is 12.8. The number of alkyl halides is 3. The summed E-state index contributed by atoms with van der Waals surface area (Å²) in [7, 11) is 0. The number of anilines is 2. The zero-order valence-electron chi connectivity index (χ0n) is 26.5. The Morgan fingerprint density at radius 3 is 2.46 bits per heavy atom. The number of aromatic nitrogens is 6. The van der Waals surface area contributed by atoms with E-state index in [0.717, 1.165) is 4.68 Å². The van der Waals surface area contributed by atoms with Crippen LogP contribution in [-0.2, 0) is 15.7 Å². The number of rotatable bonds is 4. The van der Waals surface area contributed by atoms with Crippen molar-refractivity contribution in [2.45, 2.75) is 71.3 Å². The molecule has 5 heterocycles. The number of nitrogens with zero attached hydrogens (tertiary/aromatic N) is 8. The molecule has 4 aromatic rings. The van der Waals surface area contributed by atoms with E-state index in [1.807, 2.05) is 24.0 Å². The molecule has 0 aliphatic carbocycles. The lowest BCUT2D eigenvalue weighted by molar-refractivity contribution is -0.144. The highest BCUT2D eigenvalue weighted by Crippen LogP contribution is 2.42. The molecule has 2 N–H and O–H groups in total. The molecule has 0 radical (unpaired) electrons. The van der Waals surface area contributed by atoms with E-state index in [2.05, 4.69) is 10.1 Å². The number of carbonyl (C=O) groups excluding carboxylic acids is 1. The van der Waals surface area contributed by atoms with Crippen LogP contribution in [0.4, 0.5) is 29.7 Å². The molecule has 0 bridgehead atoms. The summed E-state index contributed by atoms with van der Waals surface area (Å²) in [5, 5.41) is 4.45. The number of imidazole rings is 1. The number of halogens is 3. The zero-order valence-corrected chi connectivity index (χ0v) is 26.5. The van der Waals surface area contributed by atoms with Crippen molar-refractivity contribution in [1.29, 1.82) is 0 Å². The number of aryl methyl sites for hydroxylation is 1. The Kier molecular flexibility index (Phi) is 8.07. The van der Waals surface area contributed by atoms with E-state index in [0.29, 0.717) is 36.6 Å². The van der Waals surface area contributed by atoms with Gasteiger partial charge in [-0.3, -0.25) is 4.68 Å². The normalized spacial score (nSPS) is 18.4. The summed E-state index contributed by atoms with van der Waals surface area (Å²) in [6.45, 7) is 10.7. The molecule has 12 nitrogen and oxygen atoms in total. The van der Waals surface area contributed by atoms with E-state index in [9.17, 15) is 4.79 Å². The quantitative estimate of drug-likeness (QED) is 0.312. The number of benzene rings is 1. The van der Waals surface area contributed by atoms with Crippen LogP contribution in [0.15, 0.2) is 30.3 Å². The van der Waals surface area contributed by atoms with Gasteiger partial charge in [-0.25, -0.2) is 19.3 Å². The molecule has 1 amide bonds. The first-order valence-electron chi connectivity index (χ1n) is 15.3. The molecule has 1 aromatic carbocycles. The van der Waals surface area contributed by atoms with Gasteiger partial charge in [0, 0.05) is 25.7 Å². The Balaban J connectivity index is 1.45. The van der Waals surface area contributed by atoms with Crippen molar-refractivity contribution in [1.82, 2.24) is 34.2 Å². The number of piperidine rings is 1. The average molecular weight is 642 g/mol. The van der Waals surface area contributed by atoms with Gasteiger partial charge in [0.25, 0.3) is 0 Å². The number of fused-ring (bicyclic) bond motifs is 1. The fourth-order valence-electron chi connectivity index (χ4n) is 6.13. The molecule has 15 heteroatoms. The molecule has 0 saturated carbocycles. The lowest BCUT2D eigenvalue weighted by Crippen LogP contribution is -2.44. The maximum absolute atomic E-state index is 15.1. The Hall–Kier alpha value is -4.40. The molecule has 6 rings (SSSR count). The van der Waals surface area contributed by atoms with Gasteiger partial charge in [-0.15, -0.1) is 0 Å². The van der Waals surface area contributed by atoms with Gasteiger partial charge < -0.3 is 25.0 Å². The monoisotopic (exact) mass is 641 g/mol.